The zero-order valence-electron chi connectivity index (χ0n) is 19.6. The Bertz CT molecular complexity index is 1430. The maximum atomic E-state index is 12.3. The lowest BCUT2D eigenvalue weighted by atomic mass is 9.97. The number of aromatic nitrogens is 3. The fourth-order valence-electron chi connectivity index (χ4n) is 4.58. The van der Waals surface area contributed by atoms with E-state index >= 15 is 0 Å². The molecule has 9 heteroatoms. The van der Waals surface area contributed by atoms with Gasteiger partial charge >= 0.3 is 0 Å². The number of carbonyl (C=O) groups is 2. The average molecular weight is 483 g/mol. The number of nitrogens with one attached hydrogen (secondary N) is 2. The van der Waals surface area contributed by atoms with Crippen LogP contribution in [0, 0.1) is 0 Å². The third-order valence-corrected chi connectivity index (χ3v) is 6.20. The Kier molecular flexibility index (Phi) is 6.36. The van der Waals surface area contributed by atoms with E-state index in [1.165, 1.54) is 6.33 Å². The van der Waals surface area contributed by atoms with Crippen LogP contribution in [0.1, 0.15) is 12.1 Å². The molecular weight excluding hydrogens is 456 g/mol. The first-order valence-corrected chi connectivity index (χ1v) is 11.7. The summed E-state index contributed by atoms with van der Waals surface area (Å²) in [6, 6.07) is 17.4. The fourth-order valence-corrected chi connectivity index (χ4v) is 4.58. The summed E-state index contributed by atoms with van der Waals surface area (Å²) in [4.78, 5) is 32.4. The van der Waals surface area contributed by atoms with Crippen LogP contribution >= 0.6 is 0 Å². The van der Waals surface area contributed by atoms with Crippen molar-refractivity contribution in [2.24, 2.45) is 0 Å². The number of hydrogen-bond acceptors (Lipinski definition) is 6. The Hall–Kier alpha value is -4.66. The standard InChI is InChI=1S/C27H26N6O3/c1-2-22(34)29-14-23(35)32-18-10-13-21-24(25-26(28)30-16-31-27(25)33(21)15-18)17-8-11-20(12-9-17)36-19-6-4-3-5-7-19/h2-9,11-12,16,18H,1,10,13-15H2,(H,29,34)(H,32,35)(H2,28,30,31). The molecule has 0 fully saturated rings. The van der Waals surface area contributed by atoms with Crippen molar-refractivity contribution in [1.82, 2.24) is 25.2 Å². The summed E-state index contributed by atoms with van der Waals surface area (Å²) in [5.74, 6) is 1.28. The summed E-state index contributed by atoms with van der Waals surface area (Å²) in [5, 5.41) is 6.30. The van der Waals surface area contributed by atoms with Gasteiger partial charge in [0.2, 0.25) is 11.8 Å². The molecule has 1 atom stereocenters. The molecule has 9 nitrogen and oxygen atoms in total. The summed E-state index contributed by atoms with van der Waals surface area (Å²) < 4.78 is 8.05. The van der Waals surface area contributed by atoms with Crippen molar-refractivity contribution >= 4 is 28.7 Å². The second-order valence-electron chi connectivity index (χ2n) is 8.55. The molecule has 3 heterocycles. The van der Waals surface area contributed by atoms with Crippen LogP contribution in [0.5, 0.6) is 11.5 Å². The van der Waals surface area contributed by atoms with Gasteiger partial charge in [0.25, 0.3) is 0 Å². The normalized spacial score (nSPS) is 14.6. The molecule has 0 spiro atoms. The van der Waals surface area contributed by atoms with E-state index in [0.29, 0.717) is 12.4 Å². The van der Waals surface area contributed by atoms with Crippen LogP contribution in [0.15, 0.2) is 73.6 Å². The van der Waals surface area contributed by atoms with E-state index in [0.717, 1.165) is 58.3 Å². The predicted octanol–water partition coefficient (Wildman–Crippen LogP) is 3.21. The number of nitrogens with two attached hydrogens (primary N) is 1. The van der Waals surface area contributed by atoms with Crippen LogP contribution < -0.4 is 21.1 Å². The summed E-state index contributed by atoms with van der Waals surface area (Å²) in [6.45, 7) is 3.83. The Morgan fingerprint density at radius 3 is 2.61 bits per heavy atom. The molecule has 1 aliphatic heterocycles. The molecule has 0 aliphatic carbocycles. The Labute approximate surface area is 208 Å². The lowest BCUT2D eigenvalue weighted by molar-refractivity contribution is -0.124. The maximum Gasteiger partial charge on any atom is 0.243 e. The fraction of sp³-hybridized carbons (Fsp3) is 0.185. The highest BCUT2D eigenvalue weighted by molar-refractivity contribution is 6.02. The zero-order chi connectivity index (χ0) is 25.1. The van der Waals surface area contributed by atoms with Gasteiger partial charge in [0.1, 0.15) is 29.3 Å². The predicted molar refractivity (Wildman–Crippen MR) is 137 cm³/mol. The van der Waals surface area contributed by atoms with Crippen molar-refractivity contribution in [2.75, 3.05) is 12.3 Å². The van der Waals surface area contributed by atoms with Gasteiger partial charge in [-0.25, -0.2) is 9.97 Å². The Morgan fingerprint density at radius 2 is 1.86 bits per heavy atom. The summed E-state index contributed by atoms with van der Waals surface area (Å²) in [7, 11) is 0. The molecule has 1 aliphatic rings. The third kappa shape index (κ3) is 4.63. The molecule has 4 aromatic rings. The lowest BCUT2D eigenvalue weighted by Gasteiger charge is -2.26. The van der Waals surface area contributed by atoms with E-state index < -0.39 is 0 Å². The second kappa shape index (κ2) is 9.91. The SMILES string of the molecule is C=CC(=O)NCC(=O)NC1CCc2c(-c3ccc(Oc4ccccc4)cc3)c3c(N)ncnc3n2C1. The van der Waals surface area contributed by atoms with Gasteiger partial charge in [-0.2, -0.15) is 0 Å². The number of ether oxygens (including phenoxy) is 1. The quantitative estimate of drug-likeness (QED) is 0.348. The van der Waals surface area contributed by atoms with Gasteiger partial charge in [-0.15, -0.1) is 0 Å². The largest absolute Gasteiger partial charge is 0.457 e. The Morgan fingerprint density at radius 1 is 1.11 bits per heavy atom. The highest BCUT2D eigenvalue weighted by atomic mass is 16.5. The first-order chi connectivity index (χ1) is 17.5. The minimum Gasteiger partial charge on any atom is -0.457 e. The molecule has 0 bridgehead atoms. The van der Waals surface area contributed by atoms with Gasteiger partial charge in [-0.3, -0.25) is 9.59 Å². The van der Waals surface area contributed by atoms with Crippen molar-refractivity contribution in [3.05, 3.63) is 79.3 Å². The van der Waals surface area contributed by atoms with E-state index in [1.807, 2.05) is 54.6 Å². The van der Waals surface area contributed by atoms with Crippen LogP contribution in [0.25, 0.3) is 22.2 Å². The number of carbonyl (C=O) groups excluding carboxylic acids is 2. The number of benzene rings is 2. The van der Waals surface area contributed by atoms with E-state index in [9.17, 15) is 9.59 Å². The monoisotopic (exact) mass is 482 g/mol. The molecule has 0 radical (unpaired) electrons. The summed E-state index contributed by atoms with van der Waals surface area (Å²) in [5.41, 5.74) is 10.1. The van der Waals surface area contributed by atoms with Gasteiger partial charge in [-0.05, 0) is 48.7 Å². The second-order valence-corrected chi connectivity index (χ2v) is 8.55. The Balaban J connectivity index is 1.42. The van der Waals surface area contributed by atoms with Gasteiger partial charge < -0.3 is 25.7 Å². The number of hydrogen-bond donors (Lipinski definition) is 3. The van der Waals surface area contributed by atoms with Crippen LogP contribution in [0.4, 0.5) is 5.82 Å². The van der Waals surface area contributed by atoms with Crippen molar-refractivity contribution < 1.29 is 14.3 Å². The van der Waals surface area contributed by atoms with Gasteiger partial charge in [0.15, 0.2) is 0 Å². The van der Waals surface area contributed by atoms with Crippen LogP contribution in [0.3, 0.4) is 0 Å². The number of para-hydroxylation sites is 1. The first-order valence-electron chi connectivity index (χ1n) is 11.7. The van der Waals surface area contributed by atoms with Crippen molar-refractivity contribution in [3.63, 3.8) is 0 Å². The van der Waals surface area contributed by atoms with Crippen LogP contribution in [-0.4, -0.2) is 38.9 Å². The minimum absolute atomic E-state index is 0.0988. The molecule has 1 unspecified atom stereocenters. The maximum absolute atomic E-state index is 12.3. The van der Waals surface area contributed by atoms with Gasteiger partial charge in [0, 0.05) is 23.8 Å². The molecule has 2 aromatic carbocycles. The lowest BCUT2D eigenvalue weighted by Crippen LogP contribution is -2.45. The van der Waals surface area contributed by atoms with E-state index in [2.05, 4.69) is 31.7 Å². The number of nitrogens with zero attached hydrogens (tertiary/aromatic N) is 3. The van der Waals surface area contributed by atoms with E-state index in [1.54, 1.807) is 0 Å². The van der Waals surface area contributed by atoms with Gasteiger partial charge in [0.05, 0.1) is 11.9 Å². The summed E-state index contributed by atoms with van der Waals surface area (Å²) in [6.07, 6.45) is 4.06. The highest BCUT2D eigenvalue weighted by Crippen LogP contribution is 2.39. The molecule has 0 saturated carbocycles. The molecule has 0 saturated heterocycles. The topological polar surface area (TPSA) is 124 Å². The van der Waals surface area contributed by atoms with E-state index in [4.69, 9.17) is 10.5 Å². The smallest absolute Gasteiger partial charge is 0.243 e. The molecule has 182 valence electrons. The molecule has 5 rings (SSSR count). The zero-order valence-corrected chi connectivity index (χ0v) is 19.6. The molecule has 2 aromatic heterocycles. The minimum atomic E-state index is -0.385. The molecular formula is C27H26N6O3. The van der Waals surface area contributed by atoms with Gasteiger partial charge in [-0.1, -0.05) is 36.9 Å². The van der Waals surface area contributed by atoms with Crippen molar-refractivity contribution in [1.29, 1.82) is 0 Å². The third-order valence-electron chi connectivity index (χ3n) is 6.20. The van der Waals surface area contributed by atoms with Crippen LogP contribution in [0.2, 0.25) is 0 Å². The number of rotatable bonds is 7. The number of amides is 2. The average Bonchev–Trinajstić information content (AvgIpc) is 3.23. The summed E-state index contributed by atoms with van der Waals surface area (Å²) >= 11 is 0. The molecule has 4 N–H and O–H groups in total. The van der Waals surface area contributed by atoms with Crippen molar-refractivity contribution in [2.45, 2.75) is 25.4 Å². The first kappa shape index (κ1) is 23.1. The number of anilines is 1. The molecule has 36 heavy (non-hydrogen) atoms. The van der Waals surface area contributed by atoms with E-state index in [-0.39, 0.29) is 24.4 Å². The number of nitrogen functional groups attached to an aromatic ring is 1. The highest BCUT2D eigenvalue weighted by Gasteiger charge is 2.28. The molecule has 2 amide bonds. The number of fused-ring (bicyclic) bond motifs is 3. The van der Waals surface area contributed by atoms with Crippen molar-refractivity contribution in [3.8, 4) is 22.6 Å². The van der Waals surface area contributed by atoms with Crippen LogP contribution in [-0.2, 0) is 22.6 Å².